The monoisotopic (exact) mass is 423 g/mol. The van der Waals surface area contributed by atoms with Gasteiger partial charge in [0.05, 0.1) is 6.20 Å². The highest BCUT2D eigenvalue weighted by molar-refractivity contribution is 5.98. The first-order valence-corrected chi connectivity index (χ1v) is 10.9. The van der Waals surface area contributed by atoms with Crippen molar-refractivity contribution in [1.29, 1.82) is 0 Å². The average molecular weight is 424 g/mol. The first-order chi connectivity index (χ1) is 14.9. The van der Waals surface area contributed by atoms with Crippen LogP contribution >= 0.6 is 0 Å². The van der Waals surface area contributed by atoms with E-state index in [1.54, 1.807) is 4.52 Å². The summed E-state index contributed by atoms with van der Waals surface area (Å²) in [4.78, 5) is 28.5. The predicted molar refractivity (Wildman–Crippen MR) is 117 cm³/mol. The zero-order valence-electron chi connectivity index (χ0n) is 18.1. The van der Waals surface area contributed by atoms with Crippen molar-refractivity contribution >= 4 is 23.3 Å². The van der Waals surface area contributed by atoms with Gasteiger partial charge in [0.15, 0.2) is 11.5 Å². The molecule has 3 aromatic heterocycles. The molecule has 4 rings (SSSR count). The second kappa shape index (κ2) is 8.87. The van der Waals surface area contributed by atoms with E-state index in [0.717, 1.165) is 29.1 Å². The zero-order chi connectivity index (χ0) is 22.0. The zero-order valence-corrected chi connectivity index (χ0v) is 18.1. The van der Waals surface area contributed by atoms with Crippen LogP contribution in [0.3, 0.4) is 0 Å². The summed E-state index contributed by atoms with van der Waals surface area (Å²) in [7, 11) is 0. The molecule has 9 heteroatoms. The van der Waals surface area contributed by atoms with Crippen LogP contribution < -0.4 is 11.1 Å². The molecule has 4 N–H and O–H groups in total. The van der Waals surface area contributed by atoms with Gasteiger partial charge < -0.3 is 11.1 Å². The molecular formula is C22H29N7O2. The molecule has 1 aliphatic rings. The van der Waals surface area contributed by atoms with Crippen molar-refractivity contribution in [2.45, 2.75) is 65.2 Å². The van der Waals surface area contributed by atoms with Crippen LogP contribution in [0.4, 0.5) is 5.82 Å². The van der Waals surface area contributed by atoms with E-state index in [9.17, 15) is 9.59 Å². The minimum Gasteiger partial charge on any atom is -0.365 e. The van der Waals surface area contributed by atoms with E-state index >= 15 is 0 Å². The lowest BCUT2D eigenvalue weighted by atomic mass is 9.86. The number of carbonyl (C=O) groups is 2. The molecule has 0 aromatic carbocycles. The lowest BCUT2D eigenvalue weighted by molar-refractivity contribution is -0.116. The molecule has 3 aromatic rings. The van der Waals surface area contributed by atoms with E-state index in [1.165, 1.54) is 38.3 Å². The van der Waals surface area contributed by atoms with E-state index in [1.807, 2.05) is 19.9 Å². The number of anilines is 1. The summed E-state index contributed by atoms with van der Waals surface area (Å²) >= 11 is 0. The van der Waals surface area contributed by atoms with Crippen molar-refractivity contribution in [1.82, 2.24) is 24.8 Å². The first-order valence-electron chi connectivity index (χ1n) is 10.9. The Hall–Kier alpha value is -3.23. The first kappa shape index (κ1) is 21.0. The molecule has 1 aliphatic carbocycles. The van der Waals surface area contributed by atoms with Crippen molar-refractivity contribution in [3.63, 3.8) is 0 Å². The fourth-order valence-corrected chi connectivity index (χ4v) is 4.52. The third-order valence-corrected chi connectivity index (χ3v) is 6.21. The Morgan fingerprint density at radius 1 is 1.26 bits per heavy atom. The van der Waals surface area contributed by atoms with Crippen molar-refractivity contribution < 1.29 is 9.59 Å². The molecule has 0 bridgehead atoms. The van der Waals surface area contributed by atoms with Crippen LogP contribution in [-0.4, -0.2) is 36.6 Å². The number of carbonyl (C=O) groups excluding carboxylic acids is 2. The standard InChI is InChI=1S/C22H29N7O2/c1-13-17(14(2)29-22(25-13)18(12-24-29)21(23)31)8-9-20(30)26-19-11-16(27-28-19)10-15-6-4-3-5-7-15/h11-12,15H,3-10H2,1-2H3,(H2,23,31)(H2,26,27,28,30). The molecule has 0 spiro atoms. The van der Waals surface area contributed by atoms with Gasteiger partial charge in [0.25, 0.3) is 5.91 Å². The number of fused-ring (bicyclic) bond motifs is 1. The molecule has 1 saturated carbocycles. The molecule has 1 fully saturated rings. The second-order valence-electron chi connectivity index (χ2n) is 8.45. The number of hydrogen-bond donors (Lipinski definition) is 3. The van der Waals surface area contributed by atoms with Crippen LogP contribution in [0, 0.1) is 19.8 Å². The molecule has 0 atom stereocenters. The van der Waals surface area contributed by atoms with Gasteiger partial charge in [-0.15, -0.1) is 0 Å². The van der Waals surface area contributed by atoms with E-state index in [2.05, 4.69) is 25.6 Å². The van der Waals surface area contributed by atoms with Gasteiger partial charge in [-0.1, -0.05) is 32.1 Å². The highest BCUT2D eigenvalue weighted by Gasteiger charge is 2.18. The second-order valence-corrected chi connectivity index (χ2v) is 8.45. The highest BCUT2D eigenvalue weighted by Crippen LogP contribution is 2.27. The van der Waals surface area contributed by atoms with Crippen LogP contribution in [0.25, 0.3) is 5.65 Å². The molecular weight excluding hydrogens is 394 g/mol. The van der Waals surface area contributed by atoms with Crippen molar-refractivity contribution in [2.75, 3.05) is 5.32 Å². The van der Waals surface area contributed by atoms with Crippen molar-refractivity contribution in [3.8, 4) is 0 Å². The van der Waals surface area contributed by atoms with Crippen LogP contribution in [0.15, 0.2) is 12.3 Å². The van der Waals surface area contributed by atoms with Gasteiger partial charge in [0, 0.05) is 29.6 Å². The summed E-state index contributed by atoms with van der Waals surface area (Å²) in [6, 6.07) is 1.94. The number of primary amides is 1. The summed E-state index contributed by atoms with van der Waals surface area (Å²) in [6.07, 6.45) is 9.73. The number of nitrogens with two attached hydrogens (primary N) is 1. The number of nitrogens with one attached hydrogen (secondary N) is 2. The Balaban J connectivity index is 1.38. The molecule has 9 nitrogen and oxygen atoms in total. The fourth-order valence-electron chi connectivity index (χ4n) is 4.52. The van der Waals surface area contributed by atoms with Gasteiger partial charge in [-0.2, -0.15) is 10.2 Å². The van der Waals surface area contributed by atoms with Gasteiger partial charge in [0.1, 0.15) is 5.56 Å². The summed E-state index contributed by atoms with van der Waals surface area (Å²) in [5.74, 6) is 0.614. The van der Waals surface area contributed by atoms with Crippen molar-refractivity contribution in [3.05, 3.63) is 40.5 Å². The Morgan fingerprint density at radius 3 is 2.77 bits per heavy atom. The third kappa shape index (κ3) is 4.60. The minimum absolute atomic E-state index is 0.104. The van der Waals surface area contributed by atoms with E-state index < -0.39 is 5.91 Å². The lowest BCUT2D eigenvalue weighted by Crippen LogP contribution is -2.15. The van der Waals surface area contributed by atoms with Crippen molar-refractivity contribution in [2.24, 2.45) is 11.7 Å². The largest absolute Gasteiger partial charge is 0.365 e. The number of nitrogens with zero attached hydrogens (tertiary/aromatic N) is 4. The van der Waals surface area contributed by atoms with Crippen LogP contribution in [0.5, 0.6) is 0 Å². The molecule has 31 heavy (non-hydrogen) atoms. The predicted octanol–water partition coefficient (Wildman–Crippen LogP) is 2.86. The number of aromatic nitrogens is 5. The van der Waals surface area contributed by atoms with Gasteiger partial charge in [0.2, 0.25) is 5.91 Å². The Bertz CT molecular complexity index is 1110. The molecule has 0 saturated heterocycles. The van der Waals surface area contributed by atoms with Gasteiger partial charge >= 0.3 is 0 Å². The van der Waals surface area contributed by atoms with Crippen LogP contribution in [-0.2, 0) is 17.6 Å². The van der Waals surface area contributed by atoms with Crippen LogP contribution in [0.2, 0.25) is 0 Å². The minimum atomic E-state index is -0.560. The number of hydrogen-bond acceptors (Lipinski definition) is 5. The highest BCUT2D eigenvalue weighted by atomic mass is 16.2. The quantitative estimate of drug-likeness (QED) is 0.538. The molecule has 0 aliphatic heterocycles. The smallest absolute Gasteiger partial charge is 0.254 e. The lowest BCUT2D eigenvalue weighted by Gasteiger charge is -2.20. The third-order valence-electron chi connectivity index (χ3n) is 6.21. The number of aryl methyl sites for hydroxylation is 2. The van der Waals surface area contributed by atoms with E-state index in [0.29, 0.717) is 30.2 Å². The van der Waals surface area contributed by atoms with Crippen LogP contribution in [0.1, 0.15) is 71.5 Å². The topological polar surface area (TPSA) is 131 Å². The molecule has 164 valence electrons. The molecule has 3 heterocycles. The fraction of sp³-hybridized carbons (Fsp3) is 0.500. The maximum absolute atomic E-state index is 12.5. The van der Waals surface area contributed by atoms with Gasteiger partial charge in [-0.25, -0.2) is 9.50 Å². The number of H-pyrrole nitrogens is 1. The summed E-state index contributed by atoms with van der Waals surface area (Å²) in [5, 5.41) is 14.4. The maximum atomic E-state index is 12.5. The van der Waals surface area contributed by atoms with Gasteiger partial charge in [-0.05, 0) is 38.2 Å². The normalized spacial score (nSPS) is 14.8. The summed E-state index contributed by atoms with van der Waals surface area (Å²) < 4.78 is 1.60. The number of aromatic amines is 1. The maximum Gasteiger partial charge on any atom is 0.254 e. The Kier molecular flexibility index (Phi) is 6.01. The molecule has 0 unspecified atom stereocenters. The average Bonchev–Trinajstić information content (AvgIpc) is 3.35. The van der Waals surface area contributed by atoms with E-state index in [-0.39, 0.29) is 11.5 Å². The molecule has 2 amide bonds. The number of amides is 2. The Labute approximate surface area is 180 Å². The molecule has 0 radical (unpaired) electrons. The Morgan fingerprint density at radius 2 is 2.03 bits per heavy atom. The van der Waals surface area contributed by atoms with E-state index in [4.69, 9.17) is 5.73 Å². The SMILES string of the molecule is Cc1nc2c(C(N)=O)cnn2c(C)c1CCC(=O)Nc1cc(CC2CCCCC2)[nH]n1. The van der Waals surface area contributed by atoms with Gasteiger partial charge in [-0.3, -0.25) is 14.7 Å². The number of rotatable bonds is 7. The summed E-state index contributed by atoms with van der Waals surface area (Å²) in [5.41, 5.74) is 9.74. The summed E-state index contributed by atoms with van der Waals surface area (Å²) in [6.45, 7) is 3.77.